The highest BCUT2D eigenvalue weighted by atomic mass is 16.3. The zero-order chi connectivity index (χ0) is 11.6. The van der Waals surface area contributed by atoms with E-state index in [1.807, 2.05) is 20.8 Å². The van der Waals surface area contributed by atoms with E-state index in [1.54, 1.807) is 4.90 Å². The van der Waals surface area contributed by atoms with Gasteiger partial charge in [0.2, 0.25) is 5.91 Å². The Bertz CT molecular complexity index is 227. The normalized spacial score (nSPS) is 28.1. The summed E-state index contributed by atoms with van der Waals surface area (Å²) < 4.78 is 0. The number of aliphatic hydroxyl groups is 2. The van der Waals surface area contributed by atoms with Crippen LogP contribution < -0.4 is 5.32 Å². The quantitative estimate of drug-likeness (QED) is 0.550. The van der Waals surface area contributed by atoms with Gasteiger partial charge in [0.15, 0.2) is 0 Å². The number of aliphatic hydroxyl groups excluding tert-OH is 2. The third-order valence-corrected chi connectivity index (χ3v) is 2.22. The molecule has 1 amide bonds. The minimum atomic E-state index is -0.729. The number of carbonyl (C=O) groups is 1. The summed E-state index contributed by atoms with van der Waals surface area (Å²) >= 11 is 0. The van der Waals surface area contributed by atoms with Crippen molar-refractivity contribution in [3.63, 3.8) is 0 Å². The summed E-state index contributed by atoms with van der Waals surface area (Å²) in [5.41, 5.74) is -0.242. The predicted molar refractivity (Wildman–Crippen MR) is 56.3 cm³/mol. The molecule has 1 aliphatic rings. The number of likely N-dealkylation sites (tertiary alicyclic amines) is 1. The fourth-order valence-corrected chi connectivity index (χ4v) is 1.64. The average Bonchev–Trinajstić information content (AvgIpc) is 2.26. The summed E-state index contributed by atoms with van der Waals surface area (Å²) in [6.07, 6.45) is -1.46. The Morgan fingerprint density at radius 3 is 2.20 bits per heavy atom. The van der Waals surface area contributed by atoms with Gasteiger partial charge in [-0.3, -0.25) is 9.69 Å². The molecule has 2 atom stereocenters. The monoisotopic (exact) mass is 216 g/mol. The zero-order valence-corrected chi connectivity index (χ0v) is 9.53. The van der Waals surface area contributed by atoms with Crippen LogP contribution >= 0.6 is 0 Å². The minimum absolute atomic E-state index is 0.0798. The lowest BCUT2D eigenvalue weighted by atomic mass is 10.1. The van der Waals surface area contributed by atoms with Crippen LogP contribution in [0.2, 0.25) is 0 Å². The number of hydrogen-bond acceptors (Lipinski definition) is 4. The van der Waals surface area contributed by atoms with Crippen molar-refractivity contribution in [2.45, 2.75) is 38.5 Å². The molecule has 1 saturated heterocycles. The molecule has 0 radical (unpaired) electrons. The van der Waals surface area contributed by atoms with Crippen LogP contribution in [0.4, 0.5) is 0 Å². The molecule has 0 spiro atoms. The molecular formula is C10H20N2O3. The van der Waals surface area contributed by atoms with Crippen molar-refractivity contribution in [1.29, 1.82) is 0 Å². The molecule has 5 nitrogen and oxygen atoms in total. The average molecular weight is 216 g/mol. The van der Waals surface area contributed by atoms with Crippen LogP contribution in [0.5, 0.6) is 0 Å². The van der Waals surface area contributed by atoms with Gasteiger partial charge in [-0.1, -0.05) is 0 Å². The molecule has 88 valence electrons. The minimum Gasteiger partial charge on any atom is -0.389 e. The molecule has 0 aromatic carbocycles. The number of carbonyl (C=O) groups excluding carboxylic acids is 1. The van der Waals surface area contributed by atoms with Crippen LogP contribution in [0.15, 0.2) is 0 Å². The fourth-order valence-electron chi connectivity index (χ4n) is 1.64. The van der Waals surface area contributed by atoms with Crippen LogP contribution in [-0.2, 0) is 4.79 Å². The molecule has 5 heteroatoms. The van der Waals surface area contributed by atoms with Gasteiger partial charge >= 0.3 is 0 Å². The predicted octanol–water partition coefficient (Wildman–Crippen LogP) is -1.06. The van der Waals surface area contributed by atoms with Gasteiger partial charge in [0.25, 0.3) is 0 Å². The summed E-state index contributed by atoms with van der Waals surface area (Å²) in [5.74, 6) is -0.0798. The Kier molecular flexibility index (Phi) is 3.70. The van der Waals surface area contributed by atoms with E-state index in [4.69, 9.17) is 0 Å². The van der Waals surface area contributed by atoms with Crippen molar-refractivity contribution in [2.24, 2.45) is 0 Å². The van der Waals surface area contributed by atoms with Crippen molar-refractivity contribution in [2.75, 3.05) is 19.6 Å². The van der Waals surface area contributed by atoms with E-state index in [1.165, 1.54) is 0 Å². The van der Waals surface area contributed by atoms with Crippen LogP contribution in [0.3, 0.4) is 0 Å². The van der Waals surface area contributed by atoms with Gasteiger partial charge in [0, 0.05) is 18.6 Å². The Morgan fingerprint density at radius 2 is 1.80 bits per heavy atom. The highest BCUT2D eigenvalue weighted by Gasteiger charge is 2.30. The highest BCUT2D eigenvalue weighted by Crippen LogP contribution is 2.09. The van der Waals surface area contributed by atoms with Crippen molar-refractivity contribution < 1.29 is 15.0 Å². The maximum Gasteiger partial charge on any atom is 0.234 e. The third kappa shape index (κ3) is 4.15. The molecular weight excluding hydrogens is 196 g/mol. The summed E-state index contributed by atoms with van der Waals surface area (Å²) in [7, 11) is 0. The first-order valence-corrected chi connectivity index (χ1v) is 5.17. The van der Waals surface area contributed by atoms with Crippen LogP contribution in [-0.4, -0.2) is 58.4 Å². The van der Waals surface area contributed by atoms with E-state index in [-0.39, 0.29) is 18.0 Å². The number of amides is 1. The molecule has 1 heterocycles. The lowest BCUT2D eigenvalue weighted by Gasteiger charge is -2.22. The van der Waals surface area contributed by atoms with Crippen molar-refractivity contribution in [3.05, 3.63) is 0 Å². The Balaban J connectivity index is 2.34. The van der Waals surface area contributed by atoms with Crippen LogP contribution in [0, 0.1) is 0 Å². The van der Waals surface area contributed by atoms with E-state index in [9.17, 15) is 15.0 Å². The summed E-state index contributed by atoms with van der Waals surface area (Å²) in [4.78, 5) is 13.3. The van der Waals surface area contributed by atoms with E-state index in [2.05, 4.69) is 5.32 Å². The molecule has 3 N–H and O–H groups in total. The van der Waals surface area contributed by atoms with Gasteiger partial charge in [0.1, 0.15) is 0 Å². The Morgan fingerprint density at radius 1 is 1.33 bits per heavy atom. The van der Waals surface area contributed by atoms with Gasteiger partial charge in [0.05, 0.1) is 18.8 Å². The molecule has 0 aromatic rings. The molecule has 15 heavy (non-hydrogen) atoms. The Labute approximate surface area is 90.1 Å². The summed E-state index contributed by atoms with van der Waals surface area (Å²) in [6, 6.07) is 0. The number of nitrogens with one attached hydrogen (secondary N) is 1. The molecule has 1 aliphatic heterocycles. The smallest absolute Gasteiger partial charge is 0.234 e. The first kappa shape index (κ1) is 12.4. The van der Waals surface area contributed by atoms with Crippen LogP contribution in [0.25, 0.3) is 0 Å². The van der Waals surface area contributed by atoms with Gasteiger partial charge in [-0.25, -0.2) is 0 Å². The molecule has 0 aromatic heterocycles. The second kappa shape index (κ2) is 4.47. The largest absolute Gasteiger partial charge is 0.389 e. The number of β-amino-alcohol motifs (C(OH)–C–C–N with tert-alkyl or cyclic N) is 2. The molecule has 2 unspecified atom stereocenters. The molecule has 0 aliphatic carbocycles. The molecule has 1 fully saturated rings. The molecule has 0 saturated carbocycles. The lowest BCUT2D eigenvalue weighted by Crippen LogP contribution is -2.45. The maximum absolute atomic E-state index is 11.5. The topological polar surface area (TPSA) is 72.8 Å². The summed E-state index contributed by atoms with van der Waals surface area (Å²) in [6.45, 7) is 6.69. The zero-order valence-electron chi connectivity index (χ0n) is 9.53. The first-order chi connectivity index (χ1) is 6.78. The first-order valence-electron chi connectivity index (χ1n) is 5.17. The second-order valence-electron chi connectivity index (χ2n) is 5.13. The standard InChI is InChI=1S/C10H20N2O3/c1-10(2,3)11-9(15)6-12-4-7(13)8(14)5-12/h7-8,13-14H,4-6H2,1-3H3,(H,11,15). The molecule has 1 rings (SSSR count). The maximum atomic E-state index is 11.5. The number of hydrogen-bond donors (Lipinski definition) is 3. The van der Waals surface area contributed by atoms with Gasteiger partial charge in [-0.2, -0.15) is 0 Å². The Hall–Kier alpha value is -0.650. The van der Waals surface area contributed by atoms with Gasteiger partial charge in [-0.15, -0.1) is 0 Å². The lowest BCUT2D eigenvalue weighted by molar-refractivity contribution is -0.123. The number of nitrogens with zero attached hydrogens (tertiary/aromatic N) is 1. The SMILES string of the molecule is CC(C)(C)NC(=O)CN1CC(O)C(O)C1. The second-order valence-corrected chi connectivity index (χ2v) is 5.13. The highest BCUT2D eigenvalue weighted by molar-refractivity contribution is 5.78. The van der Waals surface area contributed by atoms with E-state index >= 15 is 0 Å². The van der Waals surface area contributed by atoms with Crippen molar-refractivity contribution in [3.8, 4) is 0 Å². The fraction of sp³-hybridized carbons (Fsp3) is 0.900. The van der Waals surface area contributed by atoms with Crippen molar-refractivity contribution in [1.82, 2.24) is 10.2 Å². The molecule has 0 bridgehead atoms. The van der Waals surface area contributed by atoms with E-state index < -0.39 is 12.2 Å². The van der Waals surface area contributed by atoms with E-state index in [0.717, 1.165) is 0 Å². The van der Waals surface area contributed by atoms with Gasteiger partial charge in [-0.05, 0) is 20.8 Å². The van der Waals surface area contributed by atoms with Crippen LogP contribution in [0.1, 0.15) is 20.8 Å². The number of rotatable bonds is 2. The van der Waals surface area contributed by atoms with Crippen molar-refractivity contribution >= 4 is 5.91 Å². The van der Waals surface area contributed by atoms with Gasteiger partial charge < -0.3 is 15.5 Å². The summed E-state index contributed by atoms with van der Waals surface area (Å²) in [5, 5.41) is 21.4. The third-order valence-electron chi connectivity index (χ3n) is 2.22. The van der Waals surface area contributed by atoms with E-state index in [0.29, 0.717) is 13.1 Å².